The van der Waals surface area contributed by atoms with Crippen LogP contribution in [0.4, 0.5) is 0 Å². The van der Waals surface area contributed by atoms with E-state index in [0.717, 1.165) is 56.3 Å². The lowest BCUT2D eigenvalue weighted by Gasteiger charge is -2.25. The van der Waals surface area contributed by atoms with Crippen LogP contribution in [0.15, 0.2) is 16.3 Å². The van der Waals surface area contributed by atoms with Gasteiger partial charge in [0.15, 0.2) is 0 Å². The van der Waals surface area contributed by atoms with Crippen LogP contribution in [0, 0.1) is 5.92 Å². The van der Waals surface area contributed by atoms with Crippen molar-refractivity contribution in [3.8, 4) is 0 Å². The molecule has 3 rings (SSSR count). The Balaban J connectivity index is 1.51. The number of nitrogens with one attached hydrogen (secondary N) is 2. The van der Waals surface area contributed by atoms with Crippen LogP contribution in [-0.4, -0.2) is 50.7 Å². The van der Waals surface area contributed by atoms with Crippen LogP contribution >= 0.6 is 11.3 Å². The molecule has 2 N–H and O–H groups in total. The Morgan fingerprint density at radius 3 is 2.36 bits per heavy atom. The van der Waals surface area contributed by atoms with Crippen LogP contribution in [0.25, 0.3) is 0 Å². The van der Waals surface area contributed by atoms with Gasteiger partial charge in [-0.1, -0.05) is 25.7 Å². The van der Waals surface area contributed by atoms with Crippen molar-refractivity contribution >= 4 is 33.2 Å². The maximum atomic E-state index is 12.9. The zero-order valence-corrected chi connectivity index (χ0v) is 17.7. The van der Waals surface area contributed by atoms with Gasteiger partial charge < -0.3 is 10.6 Å². The Morgan fingerprint density at radius 2 is 1.64 bits per heavy atom. The van der Waals surface area contributed by atoms with Crippen molar-refractivity contribution in [1.29, 1.82) is 0 Å². The van der Waals surface area contributed by atoms with Crippen molar-refractivity contribution in [2.75, 3.05) is 26.2 Å². The molecular formula is C19H29N3O4S2. The quantitative estimate of drug-likeness (QED) is 0.653. The first-order chi connectivity index (χ1) is 13.5. The Morgan fingerprint density at radius 1 is 1.00 bits per heavy atom. The van der Waals surface area contributed by atoms with Gasteiger partial charge in [0.05, 0.1) is 0 Å². The highest BCUT2D eigenvalue weighted by atomic mass is 32.2. The molecule has 2 amide bonds. The number of sulfonamides is 1. The van der Waals surface area contributed by atoms with E-state index in [9.17, 15) is 18.0 Å². The van der Waals surface area contributed by atoms with Gasteiger partial charge in [-0.15, -0.1) is 11.3 Å². The fraction of sp³-hybridized carbons (Fsp3) is 0.684. The Labute approximate surface area is 170 Å². The van der Waals surface area contributed by atoms with Crippen molar-refractivity contribution in [3.05, 3.63) is 16.3 Å². The van der Waals surface area contributed by atoms with Gasteiger partial charge in [-0.05, 0) is 37.1 Å². The highest BCUT2D eigenvalue weighted by Gasteiger charge is 2.31. The standard InChI is InChI=1S/C19H29N3O4S2/c23-18(15-7-3-1-4-8-15)20-10-11-21-19(24)17-16(9-14-27-17)28(25,26)22-12-5-2-6-13-22/h9,14-15H,1-8,10-13H2,(H,20,23)(H,21,24). The maximum Gasteiger partial charge on any atom is 0.262 e. The number of thiophene rings is 1. The Kier molecular flexibility index (Phi) is 7.48. The largest absolute Gasteiger partial charge is 0.354 e. The van der Waals surface area contributed by atoms with Crippen molar-refractivity contribution in [2.45, 2.75) is 56.3 Å². The van der Waals surface area contributed by atoms with Gasteiger partial charge in [0.25, 0.3) is 5.91 Å². The molecule has 1 saturated heterocycles. The summed E-state index contributed by atoms with van der Waals surface area (Å²) >= 11 is 1.13. The van der Waals surface area contributed by atoms with E-state index >= 15 is 0 Å². The predicted octanol–water partition coefficient (Wildman–Crippen LogP) is 2.35. The third-order valence-corrected chi connectivity index (χ3v) is 8.44. The van der Waals surface area contributed by atoms with Crippen molar-refractivity contribution in [1.82, 2.24) is 14.9 Å². The number of rotatable bonds is 7. The number of nitrogens with zero attached hydrogens (tertiary/aromatic N) is 1. The fourth-order valence-electron chi connectivity index (χ4n) is 3.86. The summed E-state index contributed by atoms with van der Waals surface area (Å²) in [4.78, 5) is 24.9. The highest BCUT2D eigenvalue weighted by Crippen LogP contribution is 2.27. The molecule has 1 aliphatic heterocycles. The van der Waals surface area contributed by atoms with E-state index in [0.29, 0.717) is 19.6 Å². The van der Waals surface area contributed by atoms with Crippen molar-refractivity contribution in [3.63, 3.8) is 0 Å². The van der Waals surface area contributed by atoms with E-state index in [1.165, 1.54) is 16.8 Å². The summed E-state index contributed by atoms with van der Waals surface area (Å²) < 4.78 is 27.2. The fourth-order valence-corrected chi connectivity index (χ4v) is 6.70. The average molecular weight is 428 g/mol. The lowest BCUT2D eigenvalue weighted by atomic mass is 9.89. The molecule has 0 bridgehead atoms. The molecular weight excluding hydrogens is 398 g/mol. The second-order valence-electron chi connectivity index (χ2n) is 7.46. The SMILES string of the molecule is O=C(NCCNC(=O)C1CCCCC1)c1sccc1S(=O)(=O)N1CCCCC1. The molecule has 0 unspecified atom stereocenters. The number of carbonyl (C=O) groups excluding carboxylic acids is 2. The first-order valence-electron chi connectivity index (χ1n) is 10.1. The minimum Gasteiger partial charge on any atom is -0.354 e. The molecule has 2 aliphatic rings. The monoisotopic (exact) mass is 427 g/mol. The smallest absolute Gasteiger partial charge is 0.262 e. The summed E-state index contributed by atoms with van der Waals surface area (Å²) in [6, 6.07) is 1.51. The number of hydrogen-bond acceptors (Lipinski definition) is 5. The van der Waals surface area contributed by atoms with Crippen molar-refractivity contribution < 1.29 is 18.0 Å². The van der Waals surface area contributed by atoms with E-state index in [1.807, 2.05) is 0 Å². The zero-order chi connectivity index (χ0) is 20.0. The summed E-state index contributed by atoms with van der Waals surface area (Å²) in [7, 11) is -3.64. The number of carbonyl (C=O) groups is 2. The predicted molar refractivity (Wildman–Crippen MR) is 109 cm³/mol. The van der Waals surface area contributed by atoms with Gasteiger partial charge >= 0.3 is 0 Å². The molecule has 0 aromatic carbocycles. The minimum atomic E-state index is -3.64. The van der Waals surface area contributed by atoms with Gasteiger partial charge in [-0.25, -0.2) is 8.42 Å². The Hall–Kier alpha value is -1.45. The molecule has 0 spiro atoms. The lowest BCUT2D eigenvalue weighted by Crippen LogP contribution is -2.39. The molecule has 28 heavy (non-hydrogen) atoms. The molecule has 1 aromatic rings. The van der Waals surface area contributed by atoms with E-state index in [2.05, 4.69) is 10.6 Å². The van der Waals surface area contributed by atoms with E-state index in [4.69, 9.17) is 0 Å². The minimum absolute atomic E-state index is 0.0541. The molecule has 2 heterocycles. The van der Waals surface area contributed by atoms with Crippen LogP contribution in [0.5, 0.6) is 0 Å². The summed E-state index contributed by atoms with van der Waals surface area (Å²) in [5.74, 6) is -0.265. The molecule has 7 nitrogen and oxygen atoms in total. The number of piperidine rings is 1. The number of amides is 2. The average Bonchev–Trinajstić information content (AvgIpc) is 3.23. The van der Waals surface area contributed by atoms with Crippen molar-refractivity contribution in [2.24, 2.45) is 5.92 Å². The van der Waals surface area contributed by atoms with Crippen LogP contribution in [0.1, 0.15) is 61.0 Å². The van der Waals surface area contributed by atoms with Gasteiger partial charge in [0, 0.05) is 32.1 Å². The van der Waals surface area contributed by atoms with Crippen LogP contribution in [-0.2, 0) is 14.8 Å². The lowest BCUT2D eigenvalue weighted by molar-refractivity contribution is -0.125. The second kappa shape index (κ2) is 9.84. The van der Waals surface area contributed by atoms with Gasteiger partial charge in [-0.3, -0.25) is 9.59 Å². The first kappa shape index (κ1) is 21.3. The first-order valence-corrected chi connectivity index (χ1v) is 12.5. The van der Waals surface area contributed by atoms with Gasteiger partial charge in [-0.2, -0.15) is 4.31 Å². The summed E-state index contributed by atoms with van der Waals surface area (Å²) in [5, 5.41) is 7.24. The van der Waals surface area contributed by atoms with Gasteiger partial charge in [0.2, 0.25) is 15.9 Å². The third kappa shape index (κ3) is 5.12. The van der Waals surface area contributed by atoms with Gasteiger partial charge in [0.1, 0.15) is 9.77 Å². The molecule has 0 atom stereocenters. The molecule has 156 valence electrons. The zero-order valence-electron chi connectivity index (χ0n) is 16.1. The maximum absolute atomic E-state index is 12.9. The molecule has 2 fully saturated rings. The summed E-state index contributed by atoms with van der Waals surface area (Å²) in [6.45, 7) is 1.64. The molecule has 1 aromatic heterocycles. The summed E-state index contributed by atoms with van der Waals surface area (Å²) in [5.41, 5.74) is 0. The van der Waals surface area contributed by atoms with E-state index in [1.54, 1.807) is 5.38 Å². The third-order valence-electron chi connectivity index (χ3n) is 5.45. The molecule has 0 radical (unpaired) electrons. The molecule has 9 heteroatoms. The number of hydrogen-bond donors (Lipinski definition) is 2. The second-order valence-corrected chi connectivity index (χ2v) is 10.3. The topological polar surface area (TPSA) is 95.6 Å². The van der Waals surface area contributed by atoms with Crippen LogP contribution < -0.4 is 10.6 Å². The normalized spacial score (nSPS) is 19.3. The summed E-state index contributed by atoms with van der Waals surface area (Å²) in [6.07, 6.45) is 8.01. The molecule has 1 aliphatic carbocycles. The highest BCUT2D eigenvalue weighted by molar-refractivity contribution is 7.89. The van der Waals surface area contributed by atoms with E-state index < -0.39 is 15.9 Å². The molecule has 1 saturated carbocycles. The van der Waals surface area contributed by atoms with E-state index in [-0.39, 0.29) is 28.1 Å². The van der Waals surface area contributed by atoms with Crippen LogP contribution in [0.3, 0.4) is 0 Å². The van der Waals surface area contributed by atoms with Crippen LogP contribution in [0.2, 0.25) is 0 Å². The Bertz CT molecular complexity index is 779.